The number of alkyl halides is 1. The monoisotopic (exact) mass is 309 g/mol. The fourth-order valence-electron chi connectivity index (χ4n) is 2.43. The molecule has 18 heavy (non-hydrogen) atoms. The lowest BCUT2D eigenvalue weighted by Gasteiger charge is -2.15. The molecule has 0 unspecified atom stereocenters. The van der Waals surface area contributed by atoms with Crippen LogP contribution < -0.4 is 5.32 Å². The van der Waals surface area contributed by atoms with Crippen molar-refractivity contribution < 1.29 is 4.79 Å². The molecule has 2 rings (SSSR count). The van der Waals surface area contributed by atoms with E-state index in [-0.39, 0.29) is 5.91 Å². The maximum Gasteiger partial charge on any atom is 0.251 e. The Labute approximate surface area is 117 Å². The molecule has 1 aliphatic carbocycles. The molecule has 1 aliphatic rings. The van der Waals surface area contributed by atoms with Gasteiger partial charge in [0.2, 0.25) is 0 Å². The minimum absolute atomic E-state index is 0.0669. The second-order valence-corrected chi connectivity index (χ2v) is 6.15. The van der Waals surface area contributed by atoms with Crippen molar-refractivity contribution in [3.63, 3.8) is 0 Å². The Hall–Kier alpha value is -0.830. The van der Waals surface area contributed by atoms with E-state index in [1.54, 1.807) is 0 Å². The van der Waals surface area contributed by atoms with Gasteiger partial charge < -0.3 is 5.32 Å². The fraction of sp³-hybridized carbons (Fsp3) is 0.533. The normalized spacial score (nSPS) is 16.4. The number of benzene rings is 1. The molecule has 1 saturated carbocycles. The molecule has 0 saturated heterocycles. The van der Waals surface area contributed by atoms with E-state index in [0.717, 1.165) is 28.6 Å². The molecule has 3 heteroatoms. The van der Waals surface area contributed by atoms with Gasteiger partial charge in [0.1, 0.15) is 0 Å². The number of halogens is 1. The Bertz CT molecular complexity index is 454. The van der Waals surface area contributed by atoms with Crippen LogP contribution in [0.5, 0.6) is 0 Å². The van der Waals surface area contributed by atoms with Crippen molar-refractivity contribution >= 4 is 21.8 Å². The SMILES string of the molecule is Cc1cc(C)c(C(=O)NCC2(CBr)CC2)c(C)c1. The maximum absolute atomic E-state index is 12.3. The van der Waals surface area contributed by atoms with Crippen LogP contribution in [0.15, 0.2) is 12.1 Å². The molecule has 0 bridgehead atoms. The topological polar surface area (TPSA) is 29.1 Å². The Kier molecular flexibility index (Phi) is 3.81. The molecule has 0 heterocycles. The molecule has 0 atom stereocenters. The summed E-state index contributed by atoms with van der Waals surface area (Å²) in [5, 5.41) is 4.06. The molecular weight excluding hydrogens is 290 g/mol. The molecular formula is C15H20BrNO. The fourth-order valence-corrected chi connectivity index (χ4v) is 3.19. The first-order valence-electron chi connectivity index (χ1n) is 6.39. The van der Waals surface area contributed by atoms with Crippen LogP contribution in [0.2, 0.25) is 0 Å². The van der Waals surface area contributed by atoms with E-state index < -0.39 is 0 Å². The highest BCUT2D eigenvalue weighted by Gasteiger charge is 2.41. The van der Waals surface area contributed by atoms with E-state index in [2.05, 4.69) is 40.3 Å². The van der Waals surface area contributed by atoms with Gasteiger partial charge in [-0.3, -0.25) is 4.79 Å². The third kappa shape index (κ3) is 2.77. The van der Waals surface area contributed by atoms with Crippen molar-refractivity contribution in [2.75, 3.05) is 11.9 Å². The minimum atomic E-state index is 0.0669. The first kappa shape index (κ1) is 13.6. The summed E-state index contributed by atoms with van der Waals surface area (Å²) in [4.78, 5) is 12.3. The zero-order chi connectivity index (χ0) is 13.3. The van der Waals surface area contributed by atoms with E-state index in [0.29, 0.717) is 5.41 Å². The molecule has 0 aliphatic heterocycles. The molecule has 0 aromatic heterocycles. The van der Waals surface area contributed by atoms with Crippen LogP contribution in [-0.2, 0) is 0 Å². The van der Waals surface area contributed by atoms with Crippen LogP contribution >= 0.6 is 15.9 Å². The summed E-state index contributed by atoms with van der Waals surface area (Å²) in [6.07, 6.45) is 2.43. The predicted octanol–water partition coefficient (Wildman–Crippen LogP) is 3.52. The van der Waals surface area contributed by atoms with Crippen molar-refractivity contribution in [2.24, 2.45) is 5.41 Å². The van der Waals surface area contributed by atoms with E-state index >= 15 is 0 Å². The Morgan fingerprint density at radius 1 is 1.28 bits per heavy atom. The number of carbonyl (C=O) groups is 1. The smallest absolute Gasteiger partial charge is 0.251 e. The number of nitrogens with one attached hydrogen (secondary N) is 1. The van der Waals surface area contributed by atoms with Crippen molar-refractivity contribution in [3.8, 4) is 0 Å². The van der Waals surface area contributed by atoms with Crippen LogP contribution in [0.1, 0.15) is 39.9 Å². The van der Waals surface area contributed by atoms with Crippen LogP contribution in [-0.4, -0.2) is 17.8 Å². The number of hydrogen-bond donors (Lipinski definition) is 1. The van der Waals surface area contributed by atoms with E-state index in [1.807, 2.05) is 13.8 Å². The number of amides is 1. The van der Waals surface area contributed by atoms with Gasteiger partial charge >= 0.3 is 0 Å². The Morgan fingerprint density at radius 2 is 1.83 bits per heavy atom. The van der Waals surface area contributed by atoms with Gasteiger partial charge in [-0.25, -0.2) is 0 Å². The average molecular weight is 310 g/mol. The lowest BCUT2D eigenvalue weighted by molar-refractivity contribution is 0.0945. The zero-order valence-corrected chi connectivity index (χ0v) is 12.9. The summed E-state index contributed by atoms with van der Waals surface area (Å²) in [5.41, 5.74) is 4.50. The number of carbonyl (C=O) groups excluding carboxylic acids is 1. The highest BCUT2D eigenvalue weighted by molar-refractivity contribution is 9.09. The molecule has 1 N–H and O–H groups in total. The maximum atomic E-state index is 12.3. The standard InChI is InChI=1S/C15H20BrNO/c1-10-6-11(2)13(12(3)7-10)14(18)17-9-15(8-16)4-5-15/h6-7H,4-5,8-9H2,1-3H3,(H,17,18). The number of aryl methyl sites for hydroxylation is 3. The Balaban J connectivity index is 2.09. The summed E-state index contributed by atoms with van der Waals surface area (Å²) in [6.45, 7) is 6.86. The van der Waals surface area contributed by atoms with Gasteiger partial charge in [-0.05, 0) is 50.2 Å². The molecule has 1 aromatic rings. The van der Waals surface area contributed by atoms with E-state index in [1.165, 1.54) is 18.4 Å². The summed E-state index contributed by atoms with van der Waals surface area (Å²) in [7, 11) is 0. The molecule has 0 radical (unpaired) electrons. The van der Waals surface area contributed by atoms with Gasteiger partial charge in [0.25, 0.3) is 5.91 Å². The largest absolute Gasteiger partial charge is 0.351 e. The van der Waals surface area contributed by atoms with E-state index in [4.69, 9.17) is 0 Å². The molecule has 1 fully saturated rings. The van der Waals surface area contributed by atoms with Crippen molar-refractivity contribution in [1.82, 2.24) is 5.32 Å². The van der Waals surface area contributed by atoms with Crippen LogP contribution in [0, 0.1) is 26.2 Å². The molecule has 1 aromatic carbocycles. The van der Waals surface area contributed by atoms with Crippen molar-refractivity contribution in [3.05, 3.63) is 34.4 Å². The lowest BCUT2D eigenvalue weighted by atomic mass is 9.99. The zero-order valence-electron chi connectivity index (χ0n) is 11.3. The van der Waals surface area contributed by atoms with Gasteiger partial charge in [-0.1, -0.05) is 33.6 Å². The summed E-state index contributed by atoms with van der Waals surface area (Å²) < 4.78 is 0. The second-order valence-electron chi connectivity index (χ2n) is 5.59. The molecule has 2 nitrogen and oxygen atoms in total. The Morgan fingerprint density at radius 3 is 2.28 bits per heavy atom. The van der Waals surface area contributed by atoms with E-state index in [9.17, 15) is 4.79 Å². The average Bonchev–Trinajstić information content (AvgIpc) is 3.05. The minimum Gasteiger partial charge on any atom is -0.351 e. The highest BCUT2D eigenvalue weighted by atomic mass is 79.9. The predicted molar refractivity (Wildman–Crippen MR) is 78.4 cm³/mol. The molecule has 1 amide bonds. The third-order valence-corrected chi connectivity index (χ3v) is 4.96. The second kappa shape index (κ2) is 5.04. The summed E-state index contributed by atoms with van der Waals surface area (Å²) in [5.74, 6) is 0.0669. The van der Waals surface area contributed by atoms with Crippen molar-refractivity contribution in [1.29, 1.82) is 0 Å². The lowest BCUT2D eigenvalue weighted by Crippen LogP contribution is -2.31. The quantitative estimate of drug-likeness (QED) is 0.847. The first-order chi connectivity index (χ1) is 8.47. The number of rotatable bonds is 4. The van der Waals surface area contributed by atoms with Crippen LogP contribution in [0.3, 0.4) is 0 Å². The molecule has 98 valence electrons. The van der Waals surface area contributed by atoms with Crippen LogP contribution in [0.25, 0.3) is 0 Å². The number of hydrogen-bond acceptors (Lipinski definition) is 1. The van der Waals surface area contributed by atoms with Gasteiger partial charge in [0.15, 0.2) is 0 Å². The first-order valence-corrected chi connectivity index (χ1v) is 7.52. The third-order valence-electron chi connectivity index (χ3n) is 3.77. The van der Waals surface area contributed by atoms with Gasteiger partial charge in [0, 0.05) is 17.4 Å². The van der Waals surface area contributed by atoms with Gasteiger partial charge in [-0.15, -0.1) is 0 Å². The van der Waals surface area contributed by atoms with Crippen molar-refractivity contribution in [2.45, 2.75) is 33.6 Å². The summed E-state index contributed by atoms with van der Waals surface area (Å²) in [6, 6.07) is 4.14. The van der Waals surface area contributed by atoms with Gasteiger partial charge in [-0.2, -0.15) is 0 Å². The summed E-state index contributed by atoms with van der Waals surface area (Å²) >= 11 is 3.53. The highest BCUT2D eigenvalue weighted by Crippen LogP contribution is 2.46. The van der Waals surface area contributed by atoms with Gasteiger partial charge in [0.05, 0.1) is 0 Å². The molecule has 0 spiro atoms. The van der Waals surface area contributed by atoms with Crippen LogP contribution in [0.4, 0.5) is 0 Å².